The summed E-state index contributed by atoms with van der Waals surface area (Å²) in [6.45, 7) is 0.416. The third-order valence-corrected chi connectivity index (χ3v) is 5.22. The Labute approximate surface area is 164 Å². The average molecular weight is 371 g/mol. The quantitative estimate of drug-likeness (QED) is 0.765. The first-order chi connectivity index (χ1) is 13.7. The highest BCUT2D eigenvalue weighted by Crippen LogP contribution is 2.41. The van der Waals surface area contributed by atoms with Crippen molar-refractivity contribution in [1.82, 2.24) is 15.2 Å². The van der Waals surface area contributed by atoms with Gasteiger partial charge in [0.1, 0.15) is 0 Å². The minimum Gasteiger partial charge on any atom is -0.351 e. The number of benzene rings is 2. The van der Waals surface area contributed by atoms with E-state index in [2.05, 4.69) is 10.3 Å². The third kappa shape index (κ3) is 3.27. The molecule has 1 aliphatic rings. The van der Waals surface area contributed by atoms with Gasteiger partial charge in [0.05, 0.1) is 12.0 Å². The van der Waals surface area contributed by atoms with E-state index in [1.165, 1.54) is 0 Å². The maximum Gasteiger partial charge on any atom is 0.254 e. The van der Waals surface area contributed by atoms with E-state index in [0.717, 1.165) is 16.7 Å². The molecular weight excluding hydrogens is 350 g/mol. The molecule has 5 heteroatoms. The van der Waals surface area contributed by atoms with Crippen molar-refractivity contribution in [1.29, 1.82) is 0 Å². The number of amides is 2. The molecule has 0 bridgehead atoms. The van der Waals surface area contributed by atoms with Gasteiger partial charge in [0.2, 0.25) is 5.91 Å². The van der Waals surface area contributed by atoms with Crippen molar-refractivity contribution in [3.8, 4) is 0 Å². The number of nitrogens with zero attached hydrogens (tertiary/aromatic N) is 2. The molecule has 28 heavy (non-hydrogen) atoms. The van der Waals surface area contributed by atoms with E-state index in [-0.39, 0.29) is 17.9 Å². The molecule has 3 aromatic rings. The molecule has 0 aliphatic carbocycles. The third-order valence-electron chi connectivity index (χ3n) is 5.22. The molecule has 2 atom stereocenters. The minimum atomic E-state index is -0.483. The highest BCUT2D eigenvalue weighted by Gasteiger charge is 2.42. The molecule has 2 unspecified atom stereocenters. The first-order valence-corrected chi connectivity index (χ1v) is 9.24. The van der Waals surface area contributed by atoms with Crippen molar-refractivity contribution in [3.05, 3.63) is 101 Å². The topological polar surface area (TPSA) is 62.3 Å². The van der Waals surface area contributed by atoms with Crippen LogP contribution in [0.15, 0.2) is 79.1 Å². The number of rotatable bonds is 4. The number of fused-ring (bicyclic) bond motifs is 1. The molecule has 2 amide bonds. The molecular formula is C23H21N3O2. The highest BCUT2D eigenvalue weighted by atomic mass is 16.2. The van der Waals surface area contributed by atoms with E-state index >= 15 is 0 Å². The second-order valence-corrected chi connectivity index (χ2v) is 6.91. The normalized spacial score (nSPS) is 18.5. The van der Waals surface area contributed by atoms with Crippen LogP contribution in [-0.2, 0) is 11.3 Å². The van der Waals surface area contributed by atoms with Crippen LogP contribution < -0.4 is 5.32 Å². The zero-order chi connectivity index (χ0) is 19.5. The lowest BCUT2D eigenvalue weighted by atomic mass is 9.79. The van der Waals surface area contributed by atoms with Crippen LogP contribution in [0.25, 0.3) is 0 Å². The van der Waals surface area contributed by atoms with Crippen molar-refractivity contribution in [2.45, 2.75) is 18.5 Å². The van der Waals surface area contributed by atoms with E-state index in [9.17, 15) is 9.59 Å². The molecule has 0 saturated carbocycles. The fourth-order valence-corrected chi connectivity index (χ4v) is 3.82. The van der Waals surface area contributed by atoms with E-state index < -0.39 is 5.92 Å². The number of hydrogen-bond donors (Lipinski definition) is 1. The number of likely N-dealkylation sites (N-methyl/N-ethyl adjacent to an activating group) is 1. The molecule has 4 rings (SSSR count). The van der Waals surface area contributed by atoms with Crippen molar-refractivity contribution in [2.24, 2.45) is 0 Å². The van der Waals surface area contributed by atoms with Gasteiger partial charge in [-0.25, -0.2) is 0 Å². The lowest BCUT2D eigenvalue weighted by molar-refractivity contribution is -0.124. The van der Waals surface area contributed by atoms with E-state index in [4.69, 9.17) is 0 Å². The summed E-state index contributed by atoms with van der Waals surface area (Å²) in [5.74, 6) is -0.650. The van der Waals surface area contributed by atoms with Gasteiger partial charge in [0.25, 0.3) is 5.91 Å². The fraction of sp³-hybridized carbons (Fsp3) is 0.174. The summed E-state index contributed by atoms with van der Waals surface area (Å²) in [7, 11) is 1.76. The second kappa shape index (κ2) is 7.64. The number of hydrogen-bond acceptors (Lipinski definition) is 3. The molecule has 5 nitrogen and oxygen atoms in total. The van der Waals surface area contributed by atoms with Gasteiger partial charge in [0.15, 0.2) is 0 Å². The summed E-state index contributed by atoms with van der Waals surface area (Å²) in [5.41, 5.74) is 3.28. The van der Waals surface area contributed by atoms with Gasteiger partial charge < -0.3 is 10.2 Å². The number of pyridine rings is 1. The summed E-state index contributed by atoms with van der Waals surface area (Å²) >= 11 is 0. The summed E-state index contributed by atoms with van der Waals surface area (Å²) in [4.78, 5) is 31.9. The molecule has 0 spiro atoms. The Morgan fingerprint density at radius 2 is 1.68 bits per heavy atom. The van der Waals surface area contributed by atoms with Gasteiger partial charge in [-0.15, -0.1) is 0 Å². The van der Waals surface area contributed by atoms with Crippen molar-refractivity contribution < 1.29 is 9.59 Å². The molecule has 2 heterocycles. The zero-order valence-electron chi connectivity index (χ0n) is 15.6. The van der Waals surface area contributed by atoms with Gasteiger partial charge in [-0.2, -0.15) is 0 Å². The van der Waals surface area contributed by atoms with Gasteiger partial charge >= 0.3 is 0 Å². The van der Waals surface area contributed by atoms with Crippen LogP contribution in [0.2, 0.25) is 0 Å². The van der Waals surface area contributed by atoms with E-state index in [1.54, 1.807) is 30.4 Å². The number of carbonyl (C=O) groups excluding carboxylic acids is 2. The van der Waals surface area contributed by atoms with Gasteiger partial charge in [0, 0.05) is 31.5 Å². The van der Waals surface area contributed by atoms with Crippen LogP contribution in [0.3, 0.4) is 0 Å². The number of carbonyl (C=O) groups is 2. The maximum atomic E-state index is 13.3. The molecule has 0 radical (unpaired) electrons. The Balaban J connectivity index is 1.72. The Morgan fingerprint density at radius 1 is 1.00 bits per heavy atom. The Morgan fingerprint density at radius 3 is 2.43 bits per heavy atom. The van der Waals surface area contributed by atoms with E-state index in [1.807, 2.05) is 60.7 Å². The summed E-state index contributed by atoms with van der Waals surface area (Å²) in [5, 5.41) is 3.04. The summed E-state index contributed by atoms with van der Waals surface area (Å²) < 4.78 is 0. The molecule has 0 saturated heterocycles. The zero-order valence-corrected chi connectivity index (χ0v) is 15.6. The van der Waals surface area contributed by atoms with Crippen LogP contribution in [-0.4, -0.2) is 28.7 Å². The fourth-order valence-electron chi connectivity index (χ4n) is 3.82. The predicted molar refractivity (Wildman–Crippen MR) is 107 cm³/mol. The first-order valence-electron chi connectivity index (χ1n) is 9.24. The highest BCUT2D eigenvalue weighted by molar-refractivity contribution is 6.01. The Kier molecular flexibility index (Phi) is 4.89. The molecule has 0 fully saturated rings. The van der Waals surface area contributed by atoms with Crippen LogP contribution in [0.5, 0.6) is 0 Å². The van der Waals surface area contributed by atoms with Gasteiger partial charge in [-0.1, -0.05) is 48.5 Å². The molecule has 1 aromatic heterocycles. The Bertz CT molecular complexity index is 989. The minimum absolute atomic E-state index is 0.0670. The van der Waals surface area contributed by atoms with Gasteiger partial charge in [-0.3, -0.25) is 14.6 Å². The summed E-state index contributed by atoms with van der Waals surface area (Å²) in [6.07, 6.45) is 3.41. The second-order valence-electron chi connectivity index (χ2n) is 6.91. The predicted octanol–water partition coefficient (Wildman–Crippen LogP) is 3.31. The lowest BCUT2D eigenvalue weighted by Crippen LogP contribution is -2.45. The SMILES string of the molecule is CN1C(=O)c2ccccc2C(C(=O)NCc2ccncc2)C1c1ccccc1. The largest absolute Gasteiger partial charge is 0.351 e. The van der Waals surface area contributed by atoms with Crippen molar-refractivity contribution in [3.63, 3.8) is 0 Å². The first kappa shape index (κ1) is 17.9. The molecule has 1 N–H and O–H groups in total. The van der Waals surface area contributed by atoms with Crippen LogP contribution in [0.1, 0.15) is 39.0 Å². The van der Waals surface area contributed by atoms with E-state index in [0.29, 0.717) is 12.1 Å². The van der Waals surface area contributed by atoms with Crippen molar-refractivity contribution in [2.75, 3.05) is 7.05 Å². The smallest absolute Gasteiger partial charge is 0.254 e. The monoisotopic (exact) mass is 371 g/mol. The average Bonchev–Trinajstić information content (AvgIpc) is 2.75. The number of aromatic nitrogens is 1. The van der Waals surface area contributed by atoms with Crippen LogP contribution in [0, 0.1) is 0 Å². The standard InChI is InChI=1S/C23H21N3O2/c1-26-21(17-7-3-2-4-8-17)20(18-9-5-6-10-19(18)23(26)28)22(27)25-15-16-11-13-24-14-12-16/h2-14,20-21H,15H2,1H3,(H,25,27). The summed E-state index contributed by atoms with van der Waals surface area (Å²) in [6, 6.07) is 20.5. The van der Waals surface area contributed by atoms with Crippen LogP contribution >= 0.6 is 0 Å². The molecule has 2 aromatic carbocycles. The molecule has 140 valence electrons. The maximum absolute atomic E-state index is 13.3. The lowest BCUT2D eigenvalue weighted by Gasteiger charge is -2.39. The van der Waals surface area contributed by atoms with Crippen LogP contribution in [0.4, 0.5) is 0 Å². The van der Waals surface area contributed by atoms with Crippen molar-refractivity contribution >= 4 is 11.8 Å². The van der Waals surface area contributed by atoms with Gasteiger partial charge in [-0.05, 0) is 34.9 Å². The molecule has 1 aliphatic heterocycles. The Hall–Kier alpha value is -3.47. The number of nitrogens with one attached hydrogen (secondary N) is 1.